The Morgan fingerprint density at radius 3 is 2.17 bits per heavy atom. The van der Waals surface area contributed by atoms with Crippen LogP contribution in [0.15, 0.2) is 78.9 Å². The summed E-state index contributed by atoms with van der Waals surface area (Å²) in [6.07, 6.45) is 0. The Hall–Kier alpha value is -3.93. The van der Waals surface area contributed by atoms with E-state index in [4.69, 9.17) is 4.74 Å². The first kappa shape index (κ1) is 20.8. The van der Waals surface area contributed by atoms with Gasteiger partial charge in [-0.25, -0.2) is 4.79 Å². The smallest absolute Gasteiger partial charge is 0.338 e. The Kier molecular flexibility index (Phi) is 6.95. The van der Waals surface area contributed by atoms with Gasteiger partial charge in [0.15, 0.2) is 6.61 Å². The van der Waals surface area contributed by atoms with Crippen molar-refractivity contribution in [1.82, 2.24) is 5.32 Å². The van der Waals surface area contributed by atoms with Crippen molar-refractivity contribution in [3.8, 4) is 0 Å². The molecule has 0 aliphatic heterocycles. The molecule has 6 nitrogen and oxygen atoms in total. The first-order chi connectivity index (χ1) is 14.5. The highest BCUT2D eigenvalue weighted by molar-refractivity contribution is 6.04. The van der Waals surface area contributed by atoms with Crippen molar-refractivity contribution in [2.45, 2.75) is 13.5 Å². The van der Waals surface area contributed by atoms with Crippen molar-refractivity contribution in [1.29, 1.82) is 0 Å². The summed E-state index contributed by atoms with van der Waals surface area (Å²) in [5, 5.41) is 5.47. The van der Waals surface area contributed by atoms with Gasteiger partial charge in [-0.15, -0.1) is 0 Å². The number of aryl methyl sites for hydroxylation is 1. The van der Waals surface area contributed by atoms with Crippen LogP contribution in [0.2, 0.25) is 0 Å². The molecule has 0 saturated heterocycles. The van der Waals surface area contributed by atoms with Crippen LogP contribution in [0.4, 0.5) is 5.69 Å². The van der Waals surface area contributed by atoms with E-state index in [9.17, 15) is 14.4 Å². The fourth-order valence-corrected chi connectivity index (χ4v) is 2.86. The highest BCUT2D eigenvalue weighted by Gasteiger charge is 2.15. The van der Waals surface area contributed by atoms with Crippen molar-refractivity contribution in [3.05, 3.63) is 101 Å². The fraction of sp³-hybridized carbons (Fsp3) is 0.125. The van der Waals surface area contributed by atoms with Crippen LogP contribution in [-0.2, 0) is 16.1 Å². The third-order valence-corrected chi connectivity index (χ3v) is 4.44. The molecule has 30 heavy (non-hydrogen) atoms. The van der Waals surface area contributed by atoms with Gasteiger partial charge in [0, 0.05) is 6.54 Å². The molecular formula is C24H22N2O4. The van der Waals surface area contributed by atoms with Crippen LogP contribution in [-0.4, -0.2) is 24.4 Å². The lowest BCUT2D eigenvalue weighted by Gasteiger charge is -2.12. The number of rotatable bonds is 7. The first-order valence-electron chi connectivity index (χ1n) is 9.48. The summed E-state index contributed by atoms with van der Waals surface area (Å²) >= 11 is 0. The Bertz CT molecular complexity index is 1050. The molecule has 6 heteroatoms. The summed E-state index contributed by atoms with van der Waals surface area (Å²) in [5.41, 5.74) is 2.82. The third kappa shape index (κ3) is 5.54. The van der Waals surface area contributed by atoms with Gasteiger partial charge >= 0.3 is 5.97 Å². The number of anilines is 1. The number of ether oxygens (including phenoxy) is 1. The van der Waals surface area contributed by atoms with Crippen LogP contribution in [0.5, 0.6) is 0 Å². The number of benzene rings is 3. The summed E-state index contributed by atoms with van der Waals surface area (Å²) in [7, 11) is 0. The number of amides is 2. The van der Waals surface area contributed by atoms with Crippen LogP contribution in [0, 0.1) is 6.92 Å². The van der Waals surface area contributed by atoms with Gasteiger partial charge in [-0.05, 0) is 36.2 Å². The second-order valence-corrected chi connectivity index (χ2v) is 6.65. The predicted molar refractivity (Wildman–Crippen MR) is 114 cm³/mol. The van der Waals surface area contributed by atoms with Gasteiger partial charge in [-0.3, -0.25) is 9.59 Å². The molecule has 152 valence electrons. The molecule has 0 aliphatic carbocycles. The monoisotopic (exact) mass is 402 g/mol. The molecule has 0 bridgehead atoms. The van der Waals surface area contributed by atoms with Gasteiger partial charge in [0.2, 0.25) is 0 Å². The van der Waals surface area contributed by atoms with Gasteiger partial charge in [0.05, 0.1) is 16.8 Å². The van der Waals surface area contributed by atoms with E-state index in [1.165, 1.54) is 0 Å². The van der Waals surface area contributed by atoms with Crippen LogP contribution >= 0.6 is 0 Å². The van der Waals surface area contributed by atoms with Crippen LogP contribution < -0.4 is 10.6 Å². The van der Waals surface area contributed by atoms with E-state index in [-0.39, 0.29) is 5.91 Å². The number of hydrogen-bond donors (Lipinski definition) is 2. The number of hydrogen-bond acceptors (Lipinski definition) is 4. The van der Waals surface area contributed by atoms with Crippen LogP contribution in [0.1, 0.15) is 31.8 Å². The highest BCUT2D eigenvalue weighted by atomic mass is 16.5. The lowest BCUT2D eigenvalue weighted by atomic mass is 10.1. The number of carbonyl (C=O) groups excluding carboxylic acids is 3. The zero-order valence-electron chi connectivity index (χ0n) is 16.6. The summed E-state index contributed by atoms with van der Waals surface area (Å²) in [6.45, 7) is 1.71. The van der Waals surface area contributed by atoms with E-state index >= 15 is 0 Å². The maximum atomic E-state index is 12.6. The maximum Gasteiger partial charge on any atom is 0.338 e. The minimum Gasteiger partial charge on any atom is -0.452 e. The molecule has 0 unspecified atom stereocenters. The molecule has 0 aliphatic rings. The summed E-state index contributed by atoms with van der Waals surface area (Å²) < 4.78 is 5.10. The third-order valence-electron chi connectivity index (χ3n) is 4.44. The number of carbonyl (C=O) groups is 3. The van der Waals surface area contributed by atoms with E-state index in [0.29, 0.717) is 23.4 Å². The SMILES string of the molecule is Cc1ccccc1C(=O)OCC(=O)Nc1ccccc1C(=O)NCc1ccccc1. The van der Waals surface area contributed by atoms with Crippen LogP contribution in [0.3, 0.4) is 0 Å². The molecule has 3 aromatic carbocycles. The molecule has 2 amide bonds. The molecule has 0 fully saturated rings. The second-order valence-electron chi connectivity index (χ2n) is 6.65. The van der Waals surface area contributed by atoms with E-state index in [1.54, 1.807) is 49.4 Å². The lowest BCUT2D eigenvalue weighted by Crippen LogP contribution is -2.26. The largest absolute Gasteiger partial charge is 0.452 e. The summed E-state index contributed by atoms with van der Waals surface area (Å²) in [4.78, 5) is 37.0. The van der Waals surface area contributed by atoms with Crippen molar-refractivity contribution in [2.75, 3.05) is 11.9 Å². The maximum absolute atomic E-state index is 12.6. The van der Waals surface area contributed by atoms with Gasteiger partial charge in [-0.1, -0.05) is 60.7 Å². The molecule has 0 spiro atoms. The van der Waals surface area contributed by atoms with E-state index in [1.807, 2.05) is 36.4 Å². The topological polar surface area (TPSA) is 84.5 Å². The van der Waals surface area contributed by atoms with E-state index < -0.39 is 18.5 Å². The molecule has 0 atom stereocenters. The van der Waals surface area contributed by atoms with Crippen molar-refractivity contribution < 1.29 is 19.1 Å². The average molecular weight is 402 g/mol. The molecular weight excluding hydrogens is 380 g/mol. The Labute approximate surface area is 174 Å². The van der Waals surface area contributed by atoms with Crippen molar-refractivity contribution >= 4 is 23.5 Å². The van der Waals surface area contributed by atoms with Gasteiger partial charge < -0.3 is 15.4 Å². The predicted octanol–water partition coefficient (Wildman–Crippen LogP) is 3.72. The van der Waals surface area contributed by atoms with Crippen LogP contribution in [0.25, 0.3) is 0 Å². The quantitative estimate of drug-likeness (QED) is 0.590. The number of esters is 1. The normalized spacial score (nSPS) is 10.2. The zero-order valence-corrected chi connectivity index (χ0v) is 16.6. The summed E-state index contributed by atoms with van der Waals surface area (Å²) in [5.74, 6) is -1.41. The average Bonchev–Trinajstić information content (AvgIpc) is 2.77. The zero-order chi connectivity index (χ0) is 21.3. The Morgan fingerprint density at radius 1 is 0.800 bits per heavy atom. The van der Waals surface area contributed by atoms with Crippen molar-refractivity contribution in [3.63, 3.8) is 0 Å². The molecule has 3 aromatic rings. The molecule has 2 N–H and O–H groups in total. The van der Waals surface area contributed by atoms with E-state index in [2.05, 4.69) is 10.6 Å². The van der Waals surface area contributed by atoms with E-state index in [0.717, 1.165) is 11.1 Å². The van der Waals surface area contributed by atoms with Gasteiger partial charge in [0.1, 0.15) is 0 Å². The molecule has 0 saturated carbocycles. The molecule has 0 aromatic heterocycles. The first-order valence-corrected chi connectivity index (χ1v) is 9.48. The molecule has 0 heterocycles. The minimum atomic E-state index is -0.572. The minimum absolute atomic E-state index is 0.313. The van der Waals surface area contributed by atoms with Crippen molar-refractivity contribution in [2.24, 2.45) is 0 Å². The standard InChI is InChI=1S/C24H22N2O4/c1-17-9-5-6-12-19(17)24(29)30-16-22(27)26-21-14-8-7-13-20(21)23(28)25-15-18-10-3-2-4-11-18/h2-14H,15-16H2,1H3,(H,25,28)(H,26,27). The van der Waals surface area contributed by atoms with Gasteiger partial charge in [-0.2, -0.15) is 0 Å². The fourth-order valence-electron chi connectivity index (χ4n) is 2.86. The Morgan fingerprint density at radius 2 is 1.43 bits per heavy atom. The number of nitrogens with one attached hydrogen (secondary N) is 2. The van der Waals surface area contributed by atoms with Gasteiger partial charge in [0.25, 0.3) is 11.8 Å². The second kappa shape index (κ2) is 10.0. The molecule has 0 radical (unpaired) electrons. The lowest BCUT2D eigenvalue weighted by molar-refractivity contribution is -0.119. The summed E-state index contributed by atoms with van der Waals surface area (Å²) in [6, 6.07) is 23.2. The Balaban J connectivity index is 1.58. The molecule has 3 rings (SSSR count). The highest BCUT2D eigenvalue weighted by Crippen LogP contribution is 2.15. The number of para-hydroxylation sites is 1.